The molecular weight excluding hydrogens is 488 g/mol. The smallest absolute Gasteiger partial charge is 0.335 e. The molecule has 1 saturated heterocycles. The Balaban J connectivity index is 1.71. The van der Waals surface area contributed by atoms with Gasteiger partial charge in [0.05, 0.1) is 41.9 Å². The van der Waals surface area contributed by atoms with Crippen LogP contribution in [0.1, 0.15) is 21.5 Å². The fourth-order valence-corrected chi connectivity index (χ4v) is 4.60. The Kier molecular flexibility index (Phi) is 7.43. The number of hydrogen-bond donors (Lipinski definition) is 1. The number of amides is 1. The number of para-hydroxylation sites is 1. The highest BCUT2D eigenvalue weighted by atomic mass is 35.5. The van der Waals surface area contributed by atoms with Gasteiger partial charge < -0.3 is 14.6 Å². The summed E-state index contributed by atoms with van der Waals surface area (Å²) in [5, 5.41) is 10.1. The van der Waals surface area contributed by atoms with Crippen LogP contribution in [0.2, 0.25) is 5.02 Å². The first-order valence-corrected chi connectivity index (χ1v) is 11.7. The standard InChI is InChI=1S/C26H21ClN2O5S/c1-33-21-12-18(20(27)14-22(21)34-2)13-23-24(30)29(15-16-8-10-17(11-9-16)25(31)32)26(35-23)28-19-6-4-3-5-7-19/h3-14H,15H2,1-2H3,(H,31,32). The number of aliphatic imine (C=N–C) groups is 1. The number of hydrogen-bond acceptors (Lipinski definition) is 6. The van der Waals surface area contributed by atoms with E-state index in [0.717, 1.165) is 5.56 Å². The fraction of sp³-hybridized carbons (Fsp3) is 0.115. The first-order chi connectivity index (χ1) is 16.9. The number of methoxy groups -OCH3 is 2. The van der Waals surface area contributed by atoms with Gasteiger partial charge in [0.2, 0.25) is 0 Å². The number of nitrogens with zero attached hydrogens (tertiary/aromatic N) is 2. The molecule has 0 saturated carbocycles. The second kappa shape index (κ2) is 10.7. The van der Waals surface area contributed by atoms with E-state index in [1.54, 1.807) is 35.2 Å². The lowest BCUT2D eigenvalue weighted by atomic mass is 10.1. The van der Waals surface area contributed by atoms with Gasteiger partial charge in [0.1, 0.15) is 0 Å². The maximum atomic E-state index is 13.4. The summed E-state index contributed by atoms with van der Waals surface area (Å²) in [7, 11) is 3.05. The highest BCUT2D eigenvalue weighted by Gasteiger charge is 2.34. The van der Waals surface area contributed by atoms with Gasteiger partial charge >= 0.3 is 5.97 Å². The molecule has 0 atom stereocenters. The van der Waals surface area contributed by atoms with Gasteiger partial charge in [-0.2, -0.15) is 0 Å². The molecule has 7 nitrogen and oxygen atoms in total. The molecule has 0 unspecified atom stereocenters. The molecule has 0 aliphatic carbocycles. The van der Waals surface area contributed by atoms with E-state index in [1.807, 2.05) is 30.3 Å². The molecule has 3 aromatic rings. The summed E-state index contributed by atoms with van der Waals surface area (Å²) >= 11 is 7.68. The summed E-state index contributed by atoms with van der Waals surface area (Å²) in [5.41, 5.74) is 2.26. The lowest BCUT2D eigenvalue weighted by Gasteiger charge is -2.16. The molecule has 4 rings (SSSR count). The van der Waals surface area contributed by atoms with Gasteiger partial charge in [-0.25, -0.2) is 9.79 Å². The van der Waals surface area contributed by atoms with Crippen molar-refractivity contribution in [3.05, 3.63) is 93.3 Å². The topological polar surface area (TPSA) is 88.4 Å². The number of ether oxygens (including phenoxy) is 2. The van der Waals surface area contributed by atoms with Crippen LogP contribution in [0.5, 0.6) is 11.5 Å². The third-order valence-corrected chi connectivity index (χ3v) is 6.53. The van der Waals surface area contributed by atoms with Crippen LogP contribution in [0.15, 0.2) is 76.6 Å². The zero-order valence-corrected chi connectivity index (χ0v) is 20.5. The van der Waals surface area contributed by atoms with E-state index < -0.39 is 5.97 Å². The van der Waals surface area contributed by atoms with Crippen LogP contribution in [-0.2, 0) is 11.3 Å². The average Bonchev–Trinajstić information content (AvgIpc) is 3.14. The van der Waals surface area contributed by atoms with Gasteiger partial charge in [-0.15, -0.1) is 0 Å². The Hall–Kier alpha value is -3.75. The molecule has 0 bridgehead atoms. The van der Waals surface area contributed by atoms with Crippen molar-refractivity contribution in [1.29, 1.82) is 0 Å². The Morgan fingerprint density at radius 1 is 1.06 bits per heavy atom. The van der Waals surface area contributed by atoms with Gasteiger partial charge in [0, 0.05) is 6.07 Å². The maximum absolute atomic E-state index is 13.4. The van der Waals surface area contributed by atoms with Gasteiger partial charge in [0.25, 0.3) is 5.91 Å². The first-order valence-electron chi connectivity index (χ1n) is 10.5. The number of rotatable bonds is 7. The molecule has 3 aromatic carbocycles. The Morgan fingerprint density at radius 2 is 1.71 bits per heavy atom. The molecule has 1 aliphatic heterocycles. The minimum Gasteiger partial charge on any atom is -0.493 e. The fourth-order valence-electron chi connectivity index (χ4n) is 3.40. The van der Waals surface area contributed by atoms with Crippen LogP contribution >= 0.6 is 23.4 Å². The average molecular weight is 509 g/mol. The molecule has 0 radical (unpaired) electrons. The van der Waals surface area contributed by atoms with Crippen molar-refractivity contribution < 1.29 is 24.2 Å². The van der Waals surface area contributed by atoms with Crippen molar-refractivity contribution in [3.8, 4) is 11.5 Å². The summed E-state index contributed by atoms with van der Waals surface area (Å²) in [6, 6.07) is 19.1. The van der Waals surface area contributed by atoms with Gasteiger partial charge in [-0.1, -0.05) is 41.9 Å². The Labute approximate surface area is 211 Å². The van der Waals surface area contributed by atoms with E-state index in [0.29, 0.717) is 37.8 Å². The molecule has 9 heteroatoms. The van der Waals surface area contributed by atoms with E-state index in [-0.39, 0.29) is 18.0 Å². The number of carbonyl (C=O) groups excluding carboxylic acids is 1. The number of thioether (sulfide) groups is 1. The van der Waals surface area contributed by atoms with Crippen molar-refractivity contribution in [2.45, 2.75) is 6.54 Å². The predicted molar refractivity (Wildman–Crippen MR) is 138 cm³/mol. The van der Waals surface area contributed by atoms with Crippen LogP contribution in [0.25, 0.3) is 6.08 Å². The normalized spacial score (nSPS) is 15.6. The third-order valence-electron chi connectivity index (χ3n) is 5.20. The van der Waals surface area contributed by atoms with E-state index in [4.69, 9.17) is 26.2 Å². The van der Waals surface area contributed by atoms with Crippen LogP contribution in [-0.4, -0.2) is 41.3 Å². The molecule has 1 N–H and O–H groups in total. The van der Waals surface area contributed by atoms with Crippen LogP contribution in [0.4, 0.5) is 5.69 Å². The lowest BCUT2D eigenvalue weighted by Crippen LogP contribution is -2.28. The van der Waals surface area contributed by atoms with Crippen molar-refractivity contribution in [2.24, 2.45) is 4.99 Å². The number of halogens is 1. The van der Waals surface area contributed by atoms with Gasteiger partial charge in [-0.3, -0.25) is 9.69 Å². The molecule has 0 spiro atoms. The number of aromatic carboxylic acids is 1. The number of amidine groups is 1. The second-order valence-electron chi connectivity index (χ2n) is 7.46. The maximum Gasteiger partial charge on any atom is 0.335 e. The highest BCUT2D eigenvalue weighted by Crippen LogP contribution is 2.39. The molecule has 1 fully saturated rings. The van der Waals surface area contributed by atoms with E-state index in [2.05, 4.69) is 4.99 Å². The number of carboxylic acids is 1. The van der Waals surface area contributed by atoms with Gasteiger partial charge in [-0.05, 0) is 59.3 Å². The third kappa shape index (κ3) is 5.50. The minimum absolute atomic E-state index is 0.178. The number of carbonyl (C=O) groups is 2. The van der Waals surface area contributed by atoms with Crippen LogP contribution in [0.3, 0.4) is 0 Å². The first kappa shape index (κ1) is 24.4. The van der Waals surface area contributed by atoms with E-state index in [9.17, 15) is 9.59 Å². The van der Waals surface area contributed by atoms with Crippen molar-refractivity contribution in [2.75, 3.05) is 14.2 Å². The molecule has 1 aliphatic rings. The zero-order valence-electron chi connectivity index (χ0n) is 18.9. The molecule has 0 aromatic heterocycles. The summed E-state index contributed by atoms with van der Waals surface area (Å²) in [5.74, 6) is -0.263. The molecule has 178 valence electrons. The van der Waals surface area contributed by atoms with Crippen molar-refractivity contribution in [3.63, 3.8) is 0 Å². The van der Waals surface area contributed by atoms with E-state index >= 15 is 0 Å². The minimum atomic E-state index is -1.01. The molecule has 1 amide bonds. The Bertz CT molecular complexity index is 1320. The summed E-state index contributed by atoms with van der Waals surface area (Å²) in [4.78, 5) is 31.3. The number of carboxylic acid groups (broad SMARTS) is 1. The second-order valence-corrected chi connectivity index (χ2v) is 8.88. The SMILES string of the molecule is COc1cc(Cl)c(C=C2SC(=Nc3ccccc3)N(Cc3ccc(C(=O)O)cc3)C2=O)cc1OC. The lowest BCUT2D eigenvalue weighted by molar-refractivity contribution is -0.122. The van der Waals surface area contributed by atoms with Crippen LogP contribution < -0.4 is 9.47 Å². The largest absolute Gasteiger partial charge is 0.493 e. The summed E-state index contributed by atoms with van der Waals surface area (Å²) in [6.45, 7) is 0.231. The van der Waals surface area contributed by atoms with Gasteiger partial charge in [0.15, 0.2) is 16.7 Å². The molecular formula is C26H21ClN2O5S. The Morgan fingerprint density at radius 3 is 2.34 bits per heavy atom. The van der Waals surface area contributed by atoms with Crippen molar-refractivity contribution in [1.82, 2.24) is 4.90 Å². The van der Waals surface area contributed by atoms with E-state index in [1.165, 1.54) is 38.1 Å². The summed E-state index contributed by atoms with van der Waals surface area (Å²) in [6.07, 6.45) is 1.70. The predicted octanol–water partition coefficient (Wildman–Crippen LogP) is 5.86. The highest BCUT2D eigenvalue weighted by molar-refractivity contribution is 8.18. The molecule has 1 heterocycles. The summed E-state index contributed by atoms with van der Waals surface area (Å²) < 4.78 is 10.7. The number of benzene rings is 3. The van der Waals surface area contributed by atoms with Crippen LogP contribution in [0, 0.1) is 0 Å². The van der Waals surface area contributed by atoms with Crippen molar-refractivity contribution >= 4 is 52.2 Å². The molecule has 35 heavy (non-hydrogen) atoms. The zero-order chi connectivity index (χ0) is 24.9. The quantitative estimate of drug-likeness (QED) is 0.402. The monoisotopic (exact) mass is 508 g/mol.